The third-order valence-corrected chi connectivity index (χ3v) is 4.84. The number of carbonyl (C=O) groups is 1. The Bertz CT molecular complexity index is 999. The monoisotopic (exact) mass is 386 g/mol. The first-order valence-corrected chi connectivity index (χ1v) is 8.98. The zero-order chi connectivity index (χ0) is 18.8. The third-order valence-electron chi connectivity index (χ3n) is 4.53. The van der Waals surface area contributed by atoms with Crippen LogP contribution in [0.4, 0.5) is 0 Å². The minimum atomic E-state index is -0.179. The zero-order valence-corrected chi connectivity index (χ0v) is 15.6. The van der Waals surface area contributed by atoms with Crippen LogP contribution in [-0.2, 0) is 17.8 Å². The highest BCUT2D eigenvalue weighted by molar-refractivity contribution is 6.36. The van der Waals surface area contributed by atoms with Gasteiger partial charge in [-0.05, 0) is 29.8 Å². The number of nitrogens with one attached hydrogen (secondary N) is 1. The highest BCUT2D eigenvalue weighted by Gasteiger charge is 2.18. The van der Waals surface area contributed by atoms with Crippen LogP contribution in [0.25, 0.3) is 10.9 Å². The molecule has 6 nitrogen and oxygen atoms in total. The first kappa shape index (κ1) is 17.7. The fraction of sp³-hybridized carbons (Fsp3) is 0.250. The Labute approximate surface area is 161 Å². The molecule has 0 bridgehead atoms. The van der Waals surface area contributed by atoms with Gasteiger partial charge in [-0.3, -0.25) is 4.79 Å². The summed E-state index contributed by atoms with van der Waals surface area (Å²) >= 11 is 6.38. The second-order valence-electron chi connectivity index (χ2n) is 6.23. The molecule has 0 spiro atoms. The summed E-state index contributed by atoms with van der Waals surface area (Å²) in [5.74, 6) is 1.24. The van der Waals surface area contributed by atoms with Gasteiger partial charge in [0.05, 0.1) is 22.7 Å². The van der Waals surface area contributed by atoms with Gasteiger partial charge >= 0.3 is 0 Å². The lowest BCUT2D eigenvalue weighted by atomic mass is 10.1. The van der Waals surface area contributed by atoms with Crippen molar-refractivity contribution in [3.8, 4) is 11.5 Å². The van der Waals surface area contributed by atoms with E-state index < -0.39 is 0 Å². The molecule has 140 valence electrons. The summed E-state index contributed by atoms with van der Waals surface area (Å²) in [6.07, 6.45) is 1.82. The Morgan fingerprint density at radius 1 is 1.26 bits per heavy atom. The maximum atomic E-state index is 12.8. The van der Waals surface area contributed by atoms with Gasteiger partial charge < -0.3 is 24.1 Å². The van der Waals surface area contributed by atoms with Crippen LogP contribution in [0.15, 0.2) is 42.6 Å². The van der Waals surface area contributed by atoms with Crippen molar-refractivity contribution >= 4 is 28.4 Å². The molecule has 0 atom stereocenters. The molecule has 2 heterocycles. The van der Waals surface area contributed by atoms with Crippen molar-refractivity contribution in [1.82, 2.24) is 9.88 Å². The number of amides is 1. The molecule has 0 radical (unpaired) electrons. The van der Waals surface area contributed by atoms with Gasteiger partial charge in [0.1, 0.15) is 0 Å². The second kappa shape index (κ2) is 7.50. The van der Waals surface area contributed by atoms with E-state index in [2.05, 4.69) is 5.32 Å². The summed E-state index contributed by atoms with van der Waals surface area (Å²) in [5, 5.41) is 4.26. The first-order chi connectivity index (χ1) is 13.2. The smallest absolute Gasteiger partial charge is 0.253 e. The lowest BCUT2D eigenvalue weighted by Crippen LogP contribution is -2.22. The lowest BCUT2D eigenvalue weighted by Gasteiger charge is -2.06. The van der Waals surface area contributed by atoms with E-state index in [4.69, 9.17) is 25.8 Å². The van der Waals surface area contributed by atoms with E-state index in [0.717, 1.165) is 22.2 Å². The third kappa shape index (κ3) is 3.46. The number of hydrogen-bond donors (Lipinski definition) is 1. The predicted molar refractivity (Wildman–Crippen MR) is 103 cm³/mol. The van der Waals surface area contributed by atoms with Crippen molar-refractivity contribution in [3.05, 3.63) is 58.7 Å². The summed E-state index contributed by atoms with van der Waals surface area (Å²) in [6.45, 7) is 1.80. The Kier molecular flexibility index (Phi) is 4.92. The van der Waals surface area contributed by atoms with Crippen LogP contribution in [0.3, 0.4) is 0 Å². The van der Waals surface area contributed by atoms with Crippen molar-refractivity contribution < 1.29 is 19.0 Å². The summed E-state index contributed by atoms with van der Waals surface area (Å²) in [4.78, 5) is 12.8. The molecule has 1 amide bonds. The number of benzene rings is 2. The van der Waals surface area contributed by atoms with Crippen molar-refractivity contribution in [3.63, 3.8) is 0 Å². The van der Waals surface area contributed by atoms with Gasteiger partial charge in [0.2, 0.25) is 6.79 Å². The largest absolute Gasteiger partial charge is 0.454 e. The number of carbonyl (C=O) groups excluding carboxylic acids is 1. The quantitative estimate of drug-likeness (QED) is 0.703. The maximum Gasteiger partial charge on any atom is 0.253 e. The van der Waals surface area contributed by atoms with Crippen LogP contribution >= 0.6 is 11.6 Å². The number of halogens is 1. The van der Waals surface area contributed by atoms with E-state index in [1.54, 1.807) is 13.2 Å². The van der Waals surface area contributed by atoms with Gasteiger partial charge in [-0.2, -0.15) is 0 Å². The van der Waals surface area contributed by atoms with Crippen LogP contribution in [0, 0.1) is 0 Å². The van der Waals surface area contributed by atoms with E-state index in [1.165, 1.54) is 0 Å². The molecule has 27 heavy (non-hydrogen) atoms. The van der Waals surface area contributed by atoms with Crippen LogP contribution in [0.5, 0.6) is 11.5 Å². The molecule has 1 aliphatic rings. The highest BCUT2D eigenvalue weighted by Crippen LogP contribution is 2.32. The average Bonchev–Trinajstić information content (AvgIpc) is 3.29. The van der Waals surface area contributed by atoms with E-state index >= 15 is 0 Å². The Hall–Kier alpha value is -2.70. The van der Waals surface area contributed by atoms with Crippen molar-refractivity contribution in [2.75, 3.05) is 20.5 Å². The van der Waals surface area contributed by atoms with Gasteiger partial charge in [-0.15, -0.1) is 0 Å². The van der Waals surface area contributed by atoms with E-state index in [-0.39, 0.29) is 12.7 Å². The molecule has 2 aromatic carbocycles. The van der Waals surface area contributed by atoms with E-state index in [1.807, 2.05) is 41.1 Å². The van der Waals surface area contributed by atoms with Crippen LogP contribution < -0.4 is 14.8 Å². The predicted octanol–water partition coefficient (Wildman–Crippen LogP) is 3.60. The molecule has 0 saturated heterocycles. The molecular weight excluding hydrogens is 368 g/mol. The normalized spacial score (nSPS) is 12.5. The number of ether oxygens (including phenoxy) is 3. The summed E-state index contributed by atoms with van der Waals surface area (Å²) in [5.41, 5.74) is 2.39. The SMILES string of the molecule is COCCn1cc(C(=O)NCc2ccc3c(c2)OCO3)c2c(Cl)cccc21. The molecule has 7 heteroatoms. The van der Waals surface area contributed by atoms with Crippen molar-refractivity contribution in [1.29, 1.82) is 0 Å². The standard InChI is InChI=1S/C20H19ClN2O4/c1-25-8-7-23-11-14(19-15(21)3-2-4-16(19)23)20(24)22-10-13-5-6-17-18(9-13)27-12-26-17/h2-6,9,11H,7-8,10,12H2,1H3,(H,22,24). The molecule has 0 saturated carbocycles. The van der Waals surface area contributed by atoms with Crippen molar-refractivity contribution in [2.24, 2.45) is 0 Å². The second-order valence-corrected chi connectivity index (χ2v) is 6.64. The van der Waals surface area contributed by atoms with Gasteiger partial charge in [0.25, 0.3) is 5.91 Å². The van der Waals surface area contributed by atoms with E-state index in [0.29, 0.717) is 36.0 Å². The molecule has 3 aromatic rings. The highest BCUT2D eigenvalue weighted by atomic mass is 35.5. The van der Waals surface area contributed by atoms with Crippen LogP contribution in [0.2, 0.25) is 5.02 Å². The molecule has 0 fully saturated rings. The topological polar surface area (TPSA) is 61.7 Å². The van der Waals surface area contributed by atoms with Gasteiger partial charge in [-0.25, -0.2) is 0 Å². The summed E-state index contributed by atoms with van der Waals surface area (Å²) in [6, 6.07) is 11.2. The number of methoxy groups -OCH3 is 1. The molecule has 4 rings (SSSR count). The molecule has 0 aliphatic carbocycles. The number of hydrogen-bond acceptors (Lipinski definition) is 4. The fourth-order valence-corrected chi connectivity index (χ4v) is 3.46. The molecule has 1 aromatic heterocycles. The maximum absolute atomic E-state index is 12.8. The van der Waals surface area contributed by atoms with Gasteiger partial charge in [-0.1, -0.05) is 23.7 Å². The summed E-state index contributed by atoms with van der Waals surface area (Å²) in [7, 11) is 1.65. The number of nitrogens with zero attached hydrogens (tertiary/aromatic N) is 1. The number of aromatic nitrogens is 1. The Morgan fingerprint density at radius 3 is 2.96 bits per heavy atom. The van der Waals surface area contributed by atoms with Gasteiger partial charge in [0.15, 0.2) is 11.5 Å². The summed E-state index contributed by atoms with van der Waals surface area (Å²) < 4.78 is 17.8. The van der Waals surface area contributed by atoms with Crippen LogP contribution in [0.1, 0.15) is 15.9 Å². The number of fused-ring (bicyclic) bond motifs is 2. The number of rotatable bonds is 6. The van der Waals surface area contributed by atoms with E-state index in [9.17, 15) is 4.79 Å². The van der Waals surface area contributed by atoms with Crippen molar-refractivity contribution in [2.45, 2.75) is 13.1 Å². The molecular formula is C20H19ClN2O4. The van der Waals surface area contributed by atoms with Gasteiger partial charge in [0, 0.05) is 31.8 Å². The Morgan fingerprint density at radius 2 is 2.11 bits per heavy atom. The lowest BCUT2D eigenvalue weighted by molar-refractivity contribution is 0.0952. The first-order valence-electron chi connectivity index (χ1n) is 8.60. The Balaban J connectivity index is 1.57. The minimum absolute atomic E-state index is 0.179. The zero-order valence-electron chi connectivity index (χ0n) is 14.8. The fourth-order valence-electron chi connectivity index (χ4n) is 3.18. The average molecular weight is 387 g/mol. The minimum Gasteiger partial charge on any atom is -0.454 e. The molecule has 1 aliphatic heterocycles. The molecule has 0 unspecified atom stereocenters. The molecule has 1 N–H and O–H groups in total. The van der Waals surface area contributed by atoms with Crippen LogP contribution in [-0.4, -0.2) is 31.0 Å².